The van der Waals surface area contributed by atoms with Crippen molar-refractivity contribution in [1.82, 2.24) is 69.1 Å². The minimum Gasteiger partial charge on any atom is -0.462 e. The molecule has 9 aliphatic heterocycles. The fourth-order valence-electron chi connectivity index (χ4n) is 21.1. The van der Waals surface area contributed by atoms with Crippen LogP contribution in [0.3, 0.4) is 0 Å². The molecule has 700 valence electrons. The summed E-state index contributed by atoms with van der Waals surface area (Å²) in [6, 6.07) is 48.3. The van der Waals surface area contributed by atoms with Crippen LogP contribution in [-0.4, -0.2) is 274 Å². The smallest absolute Gasteiger partial charge is 0.318 e. The number of allylic oxidation sites excluding steroid dienone is 1. The van der Waals surface area contributed by atoms with Crippen LogP contribution in [0.15, 0.2) is 152 Å². The molecule has 6 aromatic carbocycles. The summed E-state index contributed by atoms with van der Waals surface area (Å²) >= 11 is 0. The number of fused-ring (bicyclic) bond motifs is 6. The van der Waals surface area contributed by atoms with Crippen molar-refractivity contribution >= 4 is 84.6 Å². The van der Waals surface area contributed by atoms with Gasteiger partial charge >= 0.3 is 18.0 Å². The summed E-state index contributed by atoms with van der Waals surface area (Å²) in [4.78, 5) is 94.1. The van der Waals surface area contributed by atoms with Crippen molar-refractivity contribution in [3.8, 4) is 48.1 Å². The lowest BCUT2D eigenvalue weighted by Crippen LogP contribution is -2.55. The number of aryl methyl sites for hydroxylation is 3. The van der Waals surface area contributed by atoms with Crippen molar-refractivity contribution in [3.05, 3.63) is 203 Å². The first-order valence-corrected chi connectivity index (χ1v) is 47.5. The van der Waals surface area contributed by atoms with Gasteiger partial charge in [0.05, 0.1) is 98.9 Å². The first-order valence-electron chi connectivity index (χ1n) is 47.5. The second kappa shape index (κ2) is 42.8. The topological polar surface area (TPSA) is 305 Å². The van der Waals surface area contributed by atoms with E-state index in [1.807, 2.05) is 23.2 Å². The number of hydrogen-bond donors (Lipinski definition) is 1. The highest BCUT2D eigenvalue weighted by atomic mass is 19.1. The van der Waals surface area contributed by atoms with Crippen LogP contribution in [0.1, 0.15) is 108 Å². The van der Waals surface area contributed by atoms with E-state index in [2.05, 4.69) is 237 Å². The van der Waals surface area contributed by atoms with E-state index in [0.29, 0.717) is 135 Å². The zero-order chi connectivity index (χ0) is 93.8. The van der Waals surface area contributed by atoms with Crippen molar-refractivity contribution in [2.75, 3.05) is 175 Å². The van der Waals surface area contributed by atoms with E-state index in [-0.39, 0.29) is 56.3 Å². The molecule has 19 rings (SSSR count). The first kappa shape index (κ1) is 93.3. The molecule has 30 nitrogen and oxygen atoms in total. The van der Waals surface area contributed by atoms with Gasteiger partial charge in [0.15, 0.2) is 5.83 Å². The van der Waals surface area contributed by atoms with Gasteiger partial charge in [0, 0.05) is 165 Å². The number of halogens is 1. The molecule has 0 bridgehead atoms. The summed E-state index contributed by atoms with van der Waals surface area (Å²) in [6.45, 7) is 23.1. The Bertz CT molecular complexity index is 6230. The second-order valence-electron chi connectivity index (χ2n) is 36.8. The quantitative estimate of drug-likeness (QED) is 0.0487. The third-order valence-electron chi connectivity index (χ3n) is 28.3. The lowest BCUT2D eigenvalue weighted by molar-refractivity contribution is -0.131. The first-order chi connectivity index (χ1) is 65.8. The molecule has 6 saturated heterocycles. The maximum Gasteiger partial charge on any atom is 0.318 e. The van der Waals surface area contributed by atoms with Crippen molar-refractivity contribution in [1.29, 1.82) is 15.8 Å². The monoisotopic (exact) mass is 1820 g/mol. The average Bonchev–Trinajstić information content (AvgIpc) is 0.934. The summed E-state index contributed by atoms with van der Waals surface area (Å²) in [5.74, 6) is 5.20. The van der Waals surface area contributed by atoms with E-state index in [9.17, 15) is 34.6 Å². The van der Waals surface area contributed by atoms with Crippen molar-refractivity contribution in [2.24, 2.45) is 0 Å². The highest BCUT2D eigenvalue weighted by Crippen LogP contribution is 2.42. The molecule has 135 heavy (non-hydrogen) atoms. The number of benzene rings is 6. The normalized spacial score (nSPS) is 20.3. The minimum atomic E-state index is -1.01. The Morgan fingerprint density at radius 2 is 0.837 bits per heavy atom. The van der Waals surface area contributed by atoms with Gasteiger partial charge in [-0.3, -0.25) is 19.1 Å². The third kappa shape index (κ3) is 21.0. The van der Waals surface area contributed by atoms with E-state index in [1.54, 1.807) is 21.9 Å². The van der Waals surface area contributed by atoms with E-state index in [1.165, 1.54) is 77.4 Å². The van der Waals surface area contributed by atoms with Gasteiger partial charge in [-0.2, -0.15) is 50.8 Å². The summed E-state index contributed by atoms with van der Waals surface area (Å²) in [7, 11) is 6.39. The Kier molecular flexibility index (Phi) is 29.5. The van der Waals surface area contributed by atoms with E-state index in [0.717, 1.165) is 142 Å². The van der Waals surface area contributed by atoms with Crippen LogP contribution in [0.25, 0.3) is 32.3 Å². The lowest BCUT2D eigenvalue weighted by Gasteiger charge is -2.42. The Hall–Kier alpha value is -13.6. The number of carbonyl (C=O) groups is 3. The number of hydrogen-bond acceptors (Lipinski definition) is 26. The number of ether oxygens (including phenoxy) is 3. The predicted octanol–water partition coefficient (Wildman–Crippen LogP) is 11.6. The second-order valence-corrected chi connectivity index (χ2v) is 36.8. The highest BCUT2D eigenvalue weighted by Gasteiger charge is 2.40. The predicted molar refractivity (Wildman–Crippen MR) is 520 cm³/mol. The van der Waals surface area contributed by atoms with Crippen LogP contribution in [0.5, 0.6) is 18.0 Å². The highest BCUT2D eigenvalue weighted by molar-refractivity contribution is 6.00. The fraction of sp³-hybridized carbons (Fsp3) is 0.452. The van der Waals surface area contributed by atoms with Crippen LogP contribution in [0, 0.1) is 66.6 Å². The van der Waals surface area contributed by atoms with Crippen LogP contribution in [0.4, 0.5) is 38.9 Å². The molecule has 0 saturated carbocycles. The zero-order valence-electron chi connectivity index (χ0n) is 78.3. The number of anilines is 6. The SMILES string of the molecule is C=C(F)C(=O)N1CCN(c2nc(OC[C@@H]3CCCN3C)nc3c2CCN(c2cccc4cccc(C)c24)C3)C[C@@H]1CC#N.Cc1cccc2cccc(N3CCc4c(nc(OC[C@@H]5CCCN5C)nc4N4CCN(C(=O)/C=C/Cn5cccn5)[C@@H](CC#N)C4)C3)c12.Cc1cccc2cccc(N3CCc4c(nc(OC[C@@H]5CCCN5C)nc4N4CCN(C(=O)C#CCO)[C@@H](CC#N)C4)C3)c12. The van der Waals surface area contributed by atoms with Gasteiger partial charge in [-0.1, -0.05) is 110 Å². The number of carbonyl (C=O) groups excluding carboxylic acids is 3. The number of nitriles is 3. The molecule has 0 aliphatic carbocycles. The van der Waals surface area contributed by atoms with Crippen molar-refractivity contribution < 1.29 is 38.1 Å². The maximum absolute atomic E-state index is 13.8. The average molecular weight is 1820 g/mol. The molecule has 0 radical (unpaired) electrons. The summed E-state index contributed by atoms with van der Waals surface area (Å²) in [6.07, 6.45) is 16.6. The number of likely N-dealkylation sites (N-methyl/N-ethyl adjacent to an activating group) is 3. The Morgan fingerprint density at radius 1 is 0.467 bits per heavy atom. The van der Waals surface area contributed by atoms with Crippen molar-refractivity contribution in [3.63, 3.8) is 0 Å². The molecule has 0 unspecified atom stereocenters. The zero-order valence-corrected chi connectivity index (χ0v) is 78.3. The molecule has 1 N–H and O–H groups in total. The molecule has 0 spiro atoms. The molecule has 4 aromatic heterocycles. The lowest BCUT2D eigenvalue weighted by atomic mass is 9.99. The largest absolute Gasteiger partial charge is 0.462 e. The number of aliphatic hydroxyl groups excluding tert-OH is 1. The molecular weight excluding hydrogens is 1700 g/mol. The number of likely N-dealkylation sites (tertiary alicyclic amines) is 3. The summed E-state index contributed by atoms with van der Waals surface area (Å²) in [5, 5.41) is 49.5. The molecule has 3 amide bonds. The number of rotatable bonds is 22. The van der Waals surface area contributed by atoms with Crippen LogP contribution < -0.4 is 43.6 Å². The molecule has 9 aliphatic rings. The van der Waals surface area contributed by atoms with Crippen LogP contribution >= 0.6 is 0 Å². The molecular formula is C104H120FN23O7. The van der Waals surface area contributed by atoms with Gasteiger partial charge in [0.25, 0.3) is 11.8 Å². The van der Waals surface area contributed by atoms with Gasteiger partial charge in [-0.25, -0.2) is 4.39 Å². The van der Waals surface area contributed by atoms with E-state index >= 15 is 0 Å². The summed E-state index contributed by atoms with van der Waals surface area (Å²) in [5.41, 5.74) is 13.5. The van der Waals surface area contributed by atoms with Gasteiger partial charge in [0.1, 0.15) is 43.9 Å². The Labute approximate surface area is 789 Å². The van der Waals surface area contributed by atoms with Gasteiger partial charge < -0.3 is 78.1 Å². The number of aliphatic hydroxyl groups is 1. The van der Waals surface area contributed by atoms with Gasteiger partial charge in [-0.05, 0) is 182 Å². The fourth-order valence-corrected chi connectivity index (χ4v) is 21.1. The number of aromatic nitrogens is 8. The van der Waals surface area contributed by atoms with Crippen molar-refractivity contribution in [2.45, 2.75) is 160 Å². The number of amides is 3. The third-order valence-corrected chi connectivity index (χ3v) is 28.3. The molecule has 6 fully saturated rings. The molecule has 31 heteroatoms. The van der Waals surface area contributed by atoms with Crippen LogP contribution in [0.2, 0.25) is 0 Å². The molecule has 13 heterocycles. The number of nitrogens with zero attached hydrogens (tertiary/aromatic N) is 23. The summed E-state index contributed by atoms with van der Waals surface area (Å²) < 4.78 is 34.5. The Balaban J connectivity index is 0.000000141. The Morgan fingerprint density at radius 3 is 1.19 bits per heavy atom. The van der Waals surface area contributed by atoms with Crippen LogP contribution in [-0.2, 0) is 59.8 Å². The molecule has 6 atom stereocenters. The van der Waals surface area contributed by atoms with E-state index in [4.69, 9.17) is 49.2 Å². The van der Waals surface area contributed by atoms with Gasteiger partial charge in [-0.15, -0.1) is 0 Å². The minimum absolute atomic E-state index is 0.0856. The maximum atomic E-state index is 13.8. The standard InChI is InChI=1S/C37H43N9O2.C34H39N7O3.C33H38FN7O2/c1-27-8-3-9-28-10-4-12-33(35(27)28)43-21-15-31-32(25-43)40-37(48-26-30-11-5-18-42(30)2)41-36(31)44-22-23-46(29(24-44)14-16-38)34(47)13-6-19-45-20-7-17-39-45;1-24-7-3-8-25-9-4-11-30(32(24)25)39-17-14-28-29(22-39)36-34(44-23-27-10-5-16-38(27)2)37-33(28)40-18-19-41(26(21-40)13-15-35)31(43)12-6-20-42;1-22-7-4-8-24-9-5-11-29(30(22)24)39-16-13-27-28(20-39)36-33(43-21-26-10-6-15-38(26)3)37-31(27)40-17-18-41(32(42)23(2)34)25(19-40)12-14-35/h3-4,6-10,12-13,17,20,29-30H,5,11,14-15,18-19,21-26H2,1-2H3;3-4,7-9,11,26-27,42H,5,10,13-14,16-23H2,1-2H3;4-5,7-9,11,25-26H,2,6,10,12-13,15-21H2,1,3H3/b13-6+;;/t29-,30-;26-,27-;25-,26-/m000/s1. The van der Waals surface area contributed by atoms with E-state index < -0.39 is 17.8 Å². The van der Waals surface area contributed by atoms with Gasteiger partial charge in [0.2, 0.25) is 5.91 Å². The molecule has 10 aromatic rings. The number of piperazine rings is 3.